The quantitative estimate of drug-likeness (QED) is 0.602. The highest BCUT2D eigenvalue weighted by atomic mass is 16.1. The van der Waals surface area contributed by atoms with Gasteiger partial charge in [-0.2, -0.15) is 0 Å². The van der Waals surface area contributed by atoms with E-state index in [1.807, 2.05) is 27.7 Å². The van der Waals surface area contributed by atoms with Gasteiger partial charge in [0.2, 0.25) is 0 Å². The highest BCUT2D eigenvalue weighted by molar-refractivity contribution is 6.02. The third-order valence-electron chi connectivity index (χ3n) is 3.47. The first-order valence-corrected chi connectivity index (χ1v) is 6.94. The molecular weight excluding hydrogens is 224 g/mol. The van der Waals surface area contributed by atoms with Crippen LogP contribution in [0.3, 0.4) is 0 Å². The molecule has 0 atom stereocenters. The molecule has 0 saturated heterocycles. The van der Waals surface area contributed by atoms with Gasteiger partial charge in [-0.25, -0.2) is 0 Å². The van der Waals surface area contributed by atoms with Gasteiger partial charge in [0.15, 0.2) is 11.6 Å². The second-order valence-electron chi connectivity index (χ2n) is 6.33. The van der Waals surface area contributed by atoms with Crippen molar-refractivity contribution in [2.45, 2.75) is 67.2 Å². The maximum atomic E-state index is 12.0. The van der Waals surface area contributed by atoms with Crippen molar-refractivity contribution in [3.63, 3.8) is 0 Å². The molecule has 0 fully saturated rings. The van der Waals surface area contributed by atoms with Crippen LogP contribution in [0.25, 0.3) is 0 Å². The summed E-state index contributed by atoms with van der Waals surface area (Å²) in [5, 5.41) is 0. The molecule has 0 rings (SSSR count). The Morgan fingerprint density at radius 3 is 1.28 bits per heavy atom. The van der Waals surface area contributed by atoms with Gasteiger partial charge in [-0.05, 0) is 25.0 Å². The summed E-state index contributed by atoms with van der Waals surface area (Å²) in [6.45, 7) is 11.9. The van der Waals surface area contributed by atoms with Crippen LogP contribution in [0.4, 0.5) is 0 Å². The van der Waals surface area contributed by atoms with Crippen molar-refractivity contribution in [3.8, 4) is 0 Å². The maximum absolute atomic E-state index is 12.0. The van der Waals surface area contributed by atoms with Gasteiger partial charge < -0.3 is 0 Å². The normalized spacial score (nSPS) is 13.0. The summed E-state index contributed by atoms with van der Waals surface area (Å²) in [6.07, 6.45) is 6.58. The minimum absolute atomic E-state index is 0.0463. The van der Waals surface area contributed by atoms with Crippen LogP contribution in [0.2, 0.25) is 0 Å². The van der Waals surface area contributed by atoms with E-state index in [1.54, 1.807) is 0 Å². The van der Waals surface area contributed by atoms with Crippen LogP contribution in [-0.4, -0.2) is 11.6 Å². The number of ketones is 2. The summed E-state index contributed by atoms with van der Waals surface area (Å²) >= 11 is 0. The van der Waals surface area contributed by atoms with Crippen LogP contribution in [-0.2, 0) is 9.59 Å². The highest BCUT2D eigenvalue weighted by Crippen LogP contribution is 2.26. The molecule has 0 aliphatic heterocycles. The Labute approximate surface area is 112 Å². The summed E-state index contributed by atoms with van der Waals surface area (Å²) < 4.78 is 0. The van der Waals surface area contributed by atoms with Gasteiger partial charge in [0, 0.05) is 10.8 Å². The molecule has 0 aromatic carbocycles. The number of hydrogen-bond donors (Lipinski definition) is 0. The Kier molecular flexibility index (Phi) is 6.51. The lowest BCUT2D eigenvalue weighted by Crippen LogP contribution is -2.24. The van der Waals surface area contributed by atoms with Crippen molar-refractivity contribution in [1.82, 2.24) is 0 Å². The molecule has 0 spiro atoms. The molecule has 0 amide bonds. The first-order valence-electron chi connectivity index (χ1n) is 6.94. The largest absolute Gasteiger partial charge is 0.294 e. The fraction of sp³-hybridized carbons (Fsp3) is 0.750. The van der Waals surface area contributed by atoms with Gasteiger partial charge in [0.05, 0.1) is 0 Å². The standard InChI is InChI=1S/C16H28O2/c1-7-11-15(3,4)13(17)9-10-14(18)16(5,6)12-8-2/h9-10H,7-8,11-12H2,1-6H3/b10-9+. The van der Waals surface area contributed by atoms with E-state index in [9.17, 15) is 9.59 Å². The summed E-state index contributed by atoms with van der Waals surface area (Å²) in [4.78, 5) is 24.0. The van der Waals surface area contributed by atoms with E-state index in [-0.39, 0.29) is 22.4 Å². The second kappa shape index (κ2) is 6.86. The van der Waals surface area contributed by atoms with Crippen LogP contribution in [0, 0.1) is 10.8 Å². The molecule has 0 aliphatic carbocycles. The van der Waals surface area contributed by atoms with E-state index in [2.05, 4.69) is 13.8 Å². The number of hydrogen-bond acceptors (Lipinski definition) is 2. The molecule has 18 heavy (non-hydrogen) atoms. The zero-order valence-electron chi connectivity index (χ0n) is 12.8. The number of rotatable bonds is 8. The predicted octanol–water partition coefficient (Wildman–Crippen LogP) is 4.33. The molecule has 0 bridgehead atoms. The van der Waals surface area contributed by atoms with Crippen molar-refractivity contribution in [2.75, 3.05) is 0 Å². The molecule has 0 radical (unpaired) electrons. The van der Waals surface area contributed by atoms with Gasteiger partial charge in [-0.15, -0.1) is 0 Å². The van der Waals surface area contributed by atoms with Gasteiger partial charge in [0.25, 0.3) is 0 Å². The zero-order valence-corrected chi connectivity index (χ0v) is 12.8. The topological polar surface area (TPSA) is 34.1 Å². The van der Waals surface area contributed by atoms with Gasteiger partial charge >= 0.3 is 0 Å². The van der Waals surface area contributed by atoms with E-state index in [1.165, 1.54) is 12.2 Å². The van der Waals surface area contributed by atoms with Gasteiger partial charge in [-0.1, -0.05) is 54.4 Å². The lowest BCUT2D eigenvalue weighted by molar-refractivity contribution is -0.124. The zero-order chi connectivity index (χ0) is 14.4. The van der Waals surface area contributed by atoms with Crippen LogP contribution in [0.5, 0.6) is 0 Å². The van der Waals surface area contributed by atoms with Crippen molar-refractivity contribution < 1.29 is 9.59 Å². The van der Waals surface area contributed by atoms with Crippen LogP contribution in [0.1, 0.15) is 67.2 Å². The van der Waals surface area contributed by atoms with E-state index in [0.29, 0.717) is 0 Å². The predicted molar refractivity (Wildman–Crippen MR) is 76.5 cm³/mol. The Morgan fingerprint density at radius 2 is 1.06 bits per heavy atom. The van der Waals surface area contributed by atoms with Crippen LogP contribution >= 0.6 is 0 Å². The average molecular weight is 252 g/mol. The molecule has 0 aromatic rings. The lowest BCUT2D eigenvalue weighted by atomic mass is 9.81. The molecule has 0 unspecified atom stereocenters. The first-order chi connectivity index (χ1) is 8.17. The Hall–Kier alpha value is -0.920. The molecule has 0 heterocycles. The first kappa shape index (κ1) is 17.1. The fourth-order valence-corrected chi connectivity index (χ4v) is 2.10. The fourth-order valence-electron chi connectivity index (χ4n) is 2.10. The molecular formula is C16H28O2. The van der Waals surface area contributed by atoms with E-state index in [0.717, 1.165) is 25.7 Å². The Bertz CT molecular complexity index is 290. The minimum Gasteiger partial charge on any atom is -0.294 e. The van der Waals surface area contributed by atoms with Gasteiger partial charge in [-0.3, -0.25) is 9.59 Å². The minimum atomic E-state index is -0.361. The number of carbonyl (C=O) groups excluding carboxylic acids is 2. The molecule has 0 aliphatic rings. The molecule has 0 saturated carbocycles. The molecule has 2 heteroatoms. The van der Waals surface area contributed by atoms with E-state index in [4.69, 9.17) is 0 Å². The van der Waals surface area contributed by atoms with E-state index >= 15 is 0 Å². The lowest BCUT2D eigenvalue weighted by Gasteiger charge is -2.22. The smallest absolute Gasteiger partial charge is 0.161 e. The molecule has 0 aromatic heterocycles. The van der Waals surface area contributed by atoms with Gasteiger partial charge in [0.1, 0.15) is 0 Å². The van der Waals surface area contributed by atoms with Crippen molar-refractivity contribution in [3.05, 3.63) is 12.2 Å². The summed E-state index contributed by atoms with van der Waals surface area (Å²) in [5.74, 6) is 0.0926. The second-order valence-corrected chi connectivity index (χ2v) is 6.33. The molecule has 2 nitrogen and oxygen atoms in total. The summed E-state index contributed by atoms with van der Waals surface area (Å²) in [5.41, 5.74) is -0.721. The Morgan fingerprint density at radius 1 is 0.778 bits per heavy atom. The van der Waals surface area contributed by atoms with Crippen molar-refractivity contribution in [1.29, 1.82) is 0 Å². The Balaban J connectivity index is 4.66. The molecule has 0 N–H and O–H groups in total. The van der Waals surface area contributed by atoms with Crippen molar-refractivity contribution >= 4 is 11.6 Å². The third kappa shape index (κ3) is 5.16. The monoisotopic (exact) mass is 252 g/mol. The third-order valence-corrected chi connectivity index (χ3v) is 3.47. The average Bonchev–Trinajstić information content (AvgIpc) is 2.24. The maximum Gasteiger partial charge on any atom is 0.161 e. The van der Waals surface area contributed by atoms with Crippen molar-refractivity contribution in [2.24, 2.45) is 10.8 Å². The number of allylic oxidation sites excluding steroid dienone is 2. The van der Waals surface area contributed by atoms with Crippen LogP contribution in [0.15, 0.2) is 12.2 Å². The van der Waals surface area contributed by atoms with Crippen LogP contribution < -0.4 is 0 Å². The van der Waals surface area contributed by atoms with E-state index < -0.39 is 0 Å². The molecule has 104 valence electrons. The number of carbonyl (C=O) groups is 2. The summed E-state index contributed by atoms with van der Waals surface area (Å²) in [6, 6.07) is 0. The highest BCUT2D eigenvalue weighted by Gasteiger charge is 2.27. The summed E-state index contributed by atoms with van der Waals surface area (Å²) in [7, 11) is 0. The SMILES string of the molecule is CCCC(C)(C)C(=O)/C=C/C(=O)C(C)(C)CCC.